The van der Waals surface area contributed by atoms with Crippen LogP contribution in [-0.4, -0.2) is 35.2 Å². The van der Waals surface area contributed by atoms with Gasteiger partial charge in [0, 0.05) is 13.0 Å². The first-order valence-corrected chi connectivity index (χ1v) is 5.34. The Morgan fingerprint density at radius 2 is 1.89 bits per heavy atom. The molecule has 0 aromatic heterocycles. The van der Waals surface area contributed by atoms with E-state index in [1.165, 1.54) is 0 Å². The number of hydrogen-bond acceptors (Lipinski definition) is 3. The molecule has 0 radical (unpaired) electrons. The Morgan fingerprint density at radius 1 is 1.39 bits per heavy atom. The zero-order valence-corrected chi connectivity index (χ0v) is 10.2. The van der Waals surface area contributed by atoms with Crippen molar-refractivity contribution in [3.8, 4) is 0 Å². The van der Waals surface area contributed by atoms with Gasteiger partial charge in [0.05, 0.1) is 0 Å². The summed E-state index contributed by atoms with van der Waals surface area (Å²) in [5.74, 6) is -2.56. The van der Waals surface area contributed by atoms with Gasteiger partial charge in [0.25, 0.3) is 0 Å². The third-order valence-corrected chi connectivity index (χ3v) is 2.52. The summed E-state index contributed by atoms with van der Waals surface area (Å²) in [5, 5.41) is 10.5. The van der Waals surface area contributed by atoms with Gasteiger partial charge in [0.2, 0.25) is 5.91 Å². The number of carboxylic acids is 1. The molecule has 4 N–H and O–H groups in total. The van der Waals surface area contributed by atoms with Crippen molar-refractivity contribution < 1.29 is 27.9 Å². The number of carboxylic acid groups (broad SMARTS) is 1. The van der Waals surface area contributed by atoms with Crippen molar-refractivity contribution in [1.82, 2.24) is 5.32 Å². The van der Waals surface area contributed by atoms with E-state index in [1.54, 1.807) is 6.92 Å². The molecule has 2 atom stereocenters. The highest BCUT2D eigenvalue weighted by Gasteiger charge is 2.53. The predicted molar refractivity (Wildman–Crippen MR) is 57.7 cm³/mol. The molecule has 0 aliphatic heterocycles. The molecule has 5 nitrogen and oxygen atoms in total. The second-order valence-corrected chi connectivity index (χ2v) is 4.45. The number of rotatable bonds is 6. The van der Waals surface area contributed by atoms with Gasteiger partial charge in [-0.25, -0.2) is 0 Å². The molecule has 1 amide bonds. The van der Waals surface area contributed by atoms with Crippen LogP contribution in [0.15, 0.2) is 0 Å². The van der Waals surface area contributed by atoms with Crippen LogP contribution in [0.2, 0.25) is 0 Å². The zero-order valence-electron chi connectivity index (χ0n) is 10.2. The van der Waals surface area contributed by atoms with Crippen LogP contribution in [0.3, 0.4) is 0 Å². The molecule has 0 fully saturated rings. The summed E-state index contributed by atoms with van der Waals surface area (Å²) in [5.41, 5.74) is 1.97. The van der Waals surface area contributed by atoms with Crippen LogP contribution < -0.4 is 11.1 Å². The highest BCUT2D eigenvalue weighted by atomic mass is 19.4. The summed E-state index contributed by atoms with van der Waals surface area (Å²) in [6.45, 7) is 2.17. The number of nitrogens with two attached hydrogens (primary N) is 1. The largest absolute Gasteiger partial charge is 0.481 e. The van der Waals surface area contributed by atoms with E-state index in [0.29, 0.717) is 6.92 Å². The molecule has 0 bridgehead atoms. The summed E-state index contributed by atoms with van der Waals surface area (Å²) >= 11 is 0. The van der Waals surface area contributed by atoms with Crippen molar-refractivity contribution in [3.05, 3.63) is 0 Å². The number of aliphatic carboxylic acids is 1. The molecule has 0 aromatic carbocycles. The van der Waals surface area contributed by atoms with Gasteiger partial charge in [-0.1, -0.05) is 6.92 Å². The van der Waals surface area contributed by atoms with Crippen molar-refractivity contribution in [2.45, 2.75) is 38.4 Å². The van der Waals surface area contributed by atoms with Crippen molar-refractivity contribution in [1.29, 1.82) is 0 Å². The maximum atomic E-state index is 12.4. The van der Waals surface area contributed by atoms with E-state index in [1.807, 2.05) is 0 Å². The fraction of sp³-hybridized carbons (Fsp3) is 0.800. The number of halogens is 3. The summed E-state index contributed by atoms with van der Waals surface area (Å²) in [6, 6.07) is 0. The van der Waals surface area contributed by atoms with Gasteiger partial charge in [-0.05, 0) is 19.3 Å². The Labute approximate surface area is 103 Å². The summed E-state index contributed by atoms with van der Waals surface area (Å²) < 4.78 is 37.2. The average Bonchev–Trinajstić information content (AvgIpc) is 2.21. The lowest BCUT2D eigenvalue weighted by atomic mass is 10.0. The van der Waals surface area contributed by atoms with Crippen LogP contribution >= 0.6 is 0 Å². The maximum absolute atomic E-state index is 12.4. The lowest BCUT2D eigenvalue weighted by molar-refractivity contribution is -0.187. The van der Waals surface area contributed by atoms with E-state index in [2.05, 4.69) is 5.32 Å². The van der Waals surface area contributed by atoms with Crippen LogP contribution in [-0.2, 0) is 9.59 Å². The second-order valence-electron chi connectivity index (χ2n) is 4.45. The van der Waals surface area contributed by atoms with Crippen LogP contribution in [0.25, 0.3) is 0 Å². The van der Waals surface area contributed by atoms with Gasteiger partial charge in [-0.3, -0.25) is 9.59 Å². The van der Waals surface area contributed by atoms with E-state index in [0.717, 1.165) is 0 Å². The minimum absolute atomic E-state index is 0.0466. The maximum Gasteiger partial charge on any atom is 0.415 e. The van der Waals surface area contributed by atoms with E-state index >= 15 is 0 Å². The molecular weight excluding hydrogens is 253 g/mol. The molecule has 0 saturated heterocycles. The van der Waals surface area contributed by atoms with Gasteiger partial charge in [0.1, 0.15) is 0 Å². The normalized spacial score (nSPS) is 16.8. The molecule has 0 spiro atoms. The smallest absolute Gasteiger partial charge is 0.415 e. The molecule has 0 aliphatic rings. The average molecular weight is 270 g/mol. The third-order valence-electron chi connectivity index (χ3n) is 2.52. The molecule has 18 heavy (non-hydrogen) atoms. The number of carbonyl (C=O) groups is 2. The molecular formula is C10H17F3N2O3. The molecule has 2 unspecified atom stereocenters. The van der Waals surface area contributed by atoms with Crippen molar-refractivity contribution in [2.24, 2.45) is 11.7 Å². The van der Waals surface area contributed by atoms with Crippen LogP contribution in [0.4, 0.5) is 13.2 Å². The molecule has 0 saturated carbocycles. The van der Waals surface area contributed by atoms with Gasteiger partial charge in [-0.15, -0.1) is 0 Å². The predicted octanol–water partition coefficient (Wildman–Crippen LogP) is 0.883. The molecule has 0 heterocycles. The lowest BCUT2D eigenvalue weighted by Crippen LogP contribution is -2.61. The molecule has 0 rings (SSSR count). The Kier molecular flexibility index (Phi) is 5.59. The second kappa shape index (κ2) is 6.03. The highest BCUT2D eigenvalue weighted by Crippen LogP contribution is 2.27. The molecule has 8 heteroatoms. The van der Waals surface area contributed by atoms with E-state index in [9.17, 15) is 22.8 Å². The van der Waals surface area contributed by atoms with E-state index in [-0.39, 0.29) is 25.3 Å². The van der Waals surface area contributed by atoms with Gasteiger partial charge in [0.15, 0.2) is 5.54 Å². The SMILES string of the molecule is CC(CCC(=O)O)CNC(=O)C(C)(N)C(F)(F)F. The van der Waals surface area contributed by atoms with Crippen molar-refractivity contribution in [2.75, 3.05) is 6.54 Å². The van der Waals surface area contributed by atoms with Gasteiger partial charge < -0.3 is 16.2 Å². The van der Waals surface area contributed by atoms with Crippen LogP contribution in [0.5, 0.6) is 0 Å². The number of amides is 1. The first-order chi connectivity index (χ1) is 7.98. The lowest BCUT2D eigenvalue weighted by Gasteiger charge is -2.26. The Hall–Kier alpha value is -1.31. The first-order valence-electron chi connectivity index (χ1n) is 5.34. The summed E-state index contributed by atoms with van der Waals surface area (Å²) in [4.78, 5) is 21.6. The monoisotopic (exact) mass is 270 g/mol. The fourth-order valence-electron chi connectivity index (χ4n) is 1.05. The summed E-state index contributed by atoms with van der Waals surface area (Å²) in [6.07, 6.45) is -4.67. The number of carbonyl (C=O) groups excluding carboxylic acids is 1. The van der Waals surface area contributed by atoms with Crippen molar-refractivity contribution in [3.63, 3.8) is 0 Å². The quantitative estimate of drug-likeness (QED) is 0.668. The summed E-state index contributed by atoms with van der Waals surface area (Å²) in [7, 11) is 0. The fourth-order valence-corrected chi connectivity index (χ4v) is 1.05. The Bertz CT molecular complexity index is 316. The van der Waals surface area contributed by atoms with Crippen LogP contribution in [0.1, 0.15) is 26.7 Å². The first kappa shape index (κ1) is 16.7. The van der Waals surface area contributed by atoms with Crippen molar-refractivity contribution >= 4 is 11.9 Å². The third kappa shape index (κ3) is 4.91. The zero-order chi connectivity index (χ0) is 14.6. The van der Waals surface area contributed by atoms with Crippen LogP contribution in [0, 0.1) is 5.92 Å². The van der Waals surface area contributed by atoms with Gasteiger partial charge in [-0.2, -0.15) is 13.2 Å². The topological polar surface area (TPSA) is 92.4 Å². The highest BCUT2D eigenvalue weighted by molar-refractivity contribution is 5.86. The van der Waals surface area contributed by atoms with E-state index < -0.39 is 23.6 Å². The minimum atomic E-state index is -4.83. The van der Waals surface area contributed by atoms with E-state index in [4.69, 9.17) is 10.8 Å². The number of nitrogens with one attached hydrogen (secondary N) is 1. The molecule has 106 valence electrons. The number of hydrogen-bond donors (Lipinski definition) is 3. The number of alkyl halides is 3. The minimum Gasteiger partial charge on any atom is -0.481 e. The Morgan fingerprint density at radius 3 is 2.28 bits per heavy atom. The Balaban J connectivity index is 4.22. The molecule has 0 aromatic rings. The molecule has 0 aliphatic carbocycles. The van der Waals surface area contributed by atoms with Gasteiger partial charge >= 0.3 is 12.1 Å². The standard InChI is InChI=1S/C10H17F3N2O3/c1-6(3-4-7(16)17)5-15-8(18)9(2,14)10(11,12)13/h6H,3-5,14H2,1-2H3,(H,15,18)(H,16,17).